The van der Waals surface area contributed by atoms with Crippen molar-refractivity contribution in [3.8, 4) is 5.75 Å². The fourth-order valence-corrected chi connectivity index (χ4v) is 4.01. The molecule has 0 aliphatic rings. The number of hydrogen-bond donors (Lipinski definition) is 1. The first kappa shape index (κ1) is 26.0. The highest BCUT2D eigenvalue weighted by atomic mass is 16.5. The van der Waals surface area contributed by atoms with Crippen molar-refractivity contribution in [1.29, 1.82) is 0 Å². The molecule has 0 radical (unpaired) electrons. The van der Waals surface area contributed by atoms with Gasteiger partial charge < -0.3 is 9.84 Å². The molecule has 168 valence electrons. The van der Waals surface area contributed by atoms with Crippen molar-refractivity contribution in [2.24, 2.45) is 23.7 Å². The Morgan fingerprint density at radius 2 is 1.10 bits per heavy atom. The van der Waals surface area contributed by atoms with Gasteiger partial charge >= 0.3 is 0 Å². The SMILES string of the molecule is CC(C)CCCC(C)CCCC(C)CCCC(C)CCOc1ccc(CO)cc1. The molecule has 0 fully saturated rings. The van der Waals surface area contributed by atoms with Crippen molar-refractivity contribution < 1.29 is 9.84 Å². The second-order valence-electron chi connectivity index (χ2n) is 9.94. The summed E-state index contributed by atoms with van der Waals surface area (Å²) in [6.07, 6.45) is 13.6. The summed E-state index contributed by atoms with van der Waals surface area (Å²) in [5.74, 6) is 4.25. The van der Waals surface area contributed by atoms with Crippen LogP contribution in [0, 0.1) is 23.7 Å². The highest BCUT2D eigenvalue weighted by Gasteiger charge is 2.08. The highest BCUT2D eigenvalue weighted by Crippen LogP contribution is 2.23. The molecule has 0 bridgehead atoms. The van der Waals surface area contributed by atoms with Crippen molar-refractivity contribution in [3.63, 3.8) is 0 Å². The van der Waals surface area contributed by atoms with Gasteiger partial charge in [0.05, 0.1) is 13.2 Å². The van der Waals surface area contributed by atoms with E-state index in [4.69, 9.17) is 9.84 Å². The lowest BCUT2D eigenvalue weighted by Gasteiger charge is -2.16. The van der Waals surface area contributed by atoms with Gasteiger partial charge in [-0.2, -0.15) is 0 Å². The molecule has 0 heterocycles. The zero-order chi connectivity index (χ0) is 21.5. The number of hydrogen-bond acceptors (Lipinski definition) is 2. The number of aliphatic hydroxyl groups is 1. The zero-order valence-electron chi connectivity index (χ0n) is 20.0. The molecule has 0 amide bonds. The molecule has 0 spiro atoms. The fraction of sp³-hybridized carbons (Fsp3) is 0.778. The first-order valence-electron chi connectivity index (χ1n) is 12.2. The number of benzene rings is 1. The molecule has 0 aliphatic carbocycles. The predicted molar refractivity (Wildman–Crippen MR) is 126 cm³/mol. The topological polar surface area (TPSA) is 29.5 Å². The van der Waals surface area contributed by atoms with E-state index in [9.17, 15) is 0 Å². The number of rotatable bonds is 17. The second-order valence-corrected chi connectivity index (χ2v) is 9.94. The summed E-state index contributed by atoms with van der Waals surface area (Å²) < 4.78 is 5.84. The Balaban J connectivity index is 2.01. The maximum Gasteiger partial charge on any atom is 0.119 e. The molecule has 0 saturated heterocycles. The lowest BCUT2D eigenvalue weighted by Crippen LogP contribution is -2.05. The van der Waals surface area contributed by atoms with Crippen LogP contribution in [0.1, 0.15) is 104 Å². The molecule has 2 nitrogen and oxygen atoms in total. The predicted octanol–water partition coefficient (Wildman–Crippen LogP) is 8.02. The Bertz CT molecular complexity index is 494. The fourth-order valence-electron chi connectivity index (χ4n) is 4.01. The van der Waals surface area contributed by atoms with E-state index in [1.165, 1.54) is 57.8 Å². The van der Waals surface area contributed by atoms with E-state index in [0.29, 0.717) is 0 Å². The van der Waals surface area contributed by atoms with Gasteiger partial charge in [-0.3, -0.25) is 0 Å². The summed E-state index contributed by atoms with van der Waals surface area (Å²) in [7, 11) is 0. The van der Waals surface area contributed by atoms with Crippen LogP contribution in [0.4, 0.5) is 0 Å². The molecule has 1 aromatic rings. The zero-order valence-corrected chi connectivity index (χ0v) is 20.0. The van der Waals surface area contributed by atoms with Gasteiger partial charge in [-0.25, -0.2) is 0 Å². The second kappa shape index (κ2) is 15.8. The summed E-state index contributed by atoms with van der Waals surface area (Å²) in [6.45, 7) is 12.8. The molecule has 0 aliphatic heterocycles. The molecule has 0 saturated carbocycles. The molecule has 1 rings (SSSR count). The first-order valence-corrected chi connectivity index (χ1v) is 12.2. The van der Waals surface area contributed by atoms with E-state index in [1.807, 2.05) is 24.3 Å². The van der Waals surface area contributed by atoms with E-state index in [-0.39, 0.29) is 6.61 Å². The van der Waals surface area contributed by atoms with Crippen molar-refractivity contribution in [2.75, 3.05) is 6.61 Å². The third-order valence-electron chi connectivity index (χ3n) is 6.25. The summed E-state index contributed by atoms with van der Waals surface area (Å²) in [5.41, 5.74) is 0.931. The normalized spacial score (nSPS) is 14.7. The van der Waals surface area contributed by atoms with E-state index in [1.54, 1.807) is 0 Å². The van der Waals surface area contributed by atoms with Crippen LogP contribution in [0.2, 0.25) is 0 Å². The van der Waals surface area contributed by atoms with Crippen LogP contribution in [-0.4, -0.2) is 11.7 Å². The molecule has 3 atom stereocenters. The average molecular weight is 405 g/mol. The third-order valence-corrected chi connectivity index (χ3v) is 6.25. The summed E-state index contributed by atoms with van der Waals surface area (Å²) in [5, 5.41) is 9.08. The van der Waals surface area contributed by atoms with E-state index < -0.39 is 0 Å². The molecular weight excluding hydrogens is 356 g/mol. The summed E-state index contributed by atoms with van der Waals surface area (Å²) >= 11 is 0. The largest absolute Gasteiger partial charge is 0.494 e. The van der Waals surface area contributed by atoms with E-state index in [2.05, 4.69) is 34.6 Å². The molecule has 1 aromatic carbocycles. The minimum atomic E-state index is 0.0903. The van der Waals surface area contributed by atoms with Crippen LogP contribution >= 0.6 is 0 Å². The van der Waals surface area contributed by atoms with Crippen LogP contribution in [0.3, 0.4) is 0 Å². The minimum Gasteiger partial charge on any atom is -0.494 e. The lowest BCUT2D eigenvalue weighted by atomic mass is 9.91. The maximum atomic E-state index is 9.08. The Morgan fingerprint density at radius 1 is 0.655 bits per heavy atom. The monoisotopic (exact) mass is 404 g/mol. The maximum absolute atomic E-state index is 9.08. The van der Waals surface area contributed by atoms with Gasteiger partial charge in [0.15, 0.2) is 0 Å². The Morgan fingerprint density at radius 3 is 1.55 bits per heavy atom. The van der Waals surface area contributed by atoms with Crippen LogP contribution in [-0.2, 0) is 6.61 Å². The molecule has 29 heavy (non-hydrogen) atoms. The van der Waals surface area contributed by atoms with Gasteiger partial charge in [0.25, 0.3) is 0 Å². The standard InChI is InChI=1S/C27H48O2/c1-22(2)9-6-10-23(3)11-7-12-24(4)13-8-14-25(5)19-20-29-27-17-15-26(21-28)16-18-27/h15-18,22-25,28H,6-14,19-21H2,1-5H3. The van der Waals surface area contributed by atoms with Crippen LogP contribution in [0.15, 0.2) is 24.3 Å². The number of aliphatic hydroxyl groups excluding tert-OH is 1. The Kier molecular flexibility index (Phi) is 14.1. The molecular formula is C27H48O2. The molecule has 0 aromatic heterocycles. The molecule has 1 N–H and O–H groups in total. The first-order chi connectivity index (χ1) is 13.9. The van der Waals surface area contributed by atoms with Gasteiger partial charge in [-0.1, -0.05) is 105 Å². The number of ether oxygens (including phenoxy) is 1. The summed E-state index contributed by atoms with van der Waals surface area (Å²) in [6, 6.07) is 7.74. The van der Waals surface area contributed by atoms with Crippen molar-refractivity contribution >= 4 is 0 Å². The van der Waals surface area contributed by atoms with Crippen molar-refractivity contribution in [1.82, 2.24) is 0 Å². The van der Waals surface area contributed by atoms with Crippen LogP contribution < -0.4 is 4.74 Å². The molecule has 2 heteroatoms. The Labute approximate surface area is 181 Å². The van der Waals surface area contributed by atoms with Gasteiger partial charge in [-0.15, -0.1) is 0 Å². The van der Waals surface area contributed by atoms with Gasteiger partial charge in [0, 0.05) is 0 Å². The van der Waals surface area contributed by atoms with Crippen molar-refractivity contribution in [3.05, 3.63) is 29.8 Å². The smallest absolute Gasteiger partial charge is 0.119 e. The lowest BCUT2D eigenvalue weighted by molar-refractivity contribution is 0.272. The summed E-state index contributed by atoms with van der Waals surface area (Å²) in [4.78, 5) is 0. The average Bonchev–Trinajstić information content (AvgIpc) is 2.68. The van der Waals surface area contributed by atoms with E-state index in [0.717, 1.165) is 48.0 Å². The van der Waals surface area contributed by atoms with Crippen molar-refractivity contribution in [2.45, 2.75) is 105 Å². The van der Waals surface area contributed by atoms with Gasteiger partial charge in [0.1, 0.15) is 5.75 Å². The third kappa shape index (κ3) is 13.8. The molecule has 3 unspecified atom stereocenters. The minimum absolute atomic E-state index is 0.0903. The van der Waals surface area contributed by atoms with Crippen LogP contribution in [0.5, 0.6) is 5.75 Å². The quantitative estimate of drug-likeness (QED) is 0.285. The van der Waals surface area contributed by atoms with Crippen LogP contribution in [0.25, 0.3) is 0 Å². The Hall–Kier alpha value is -1.02. The van der Waals surface area contributed by atoms with E-state index >= 15 is 0 Å². The highest BCUT2D eigenvalue weighted by molar-refractivity contribution is 5.26. The van der Waals surface area contributed by atoms with Gasteiger partial charge in [-0.05, 0) is 47.8 Å². The van der Waals surface area contributed by atoms with Gasteiger partial charge in [0.2, 0.25) is 0 Å².